The molecule has 0 radical (unpaired) electrons. The summed E-state index contributed by atoms with van der Waals surface area (Å²) in [7, 11) is 0. The summed E-state index contributed by atoms with van der Waals surface area (Å²) in [5.74, 6) is 0. The van der Waals surface area contributed by atoms with Crippen LogP contribution in [0, 0.1) is 0 Å². The van der Waals surface area contributed by atoms with Crippen LogP contribution in [0.4, 0.5) is 0 Å². The van der Waals surface area contributed by atoms with Crippen molar-refractivity contribution in [1.29, 1.82) is 0 Å². The molecule has 0 atom stereocenters. The third-order valence-corrected chi connectivity index (χ3v) is 2.79. The number of fused-ring (bicyclic) bond motifs is 1. The van der Waals surface area contributed by atoms with Crippen molar-refractivity contribution in [3.63, 3.8) is 0 Å². The fraction of sp³-hybridized carbons (Fsp3) is 0. The Balaban J connectivity index is 2.44. The van der Waals surface area contributed by atoms with Crippen molar-refractivity contribution in [2.45, 2.75) is 0 Å². The largest absolute Gasteiger partial charge is 0.288 e. The van der Waals surface area contributed by atoms with Crippen LogP contribution in [0.25, 0.3) is 22.0 Å². The quantitative estimate of drug-likeness (QED) is 0.650. The molecule has 0 N–H and O–H groups in total. The summed E-state index contributed by atoms with van der Waals surface area (Å²) in [4.78, 5) is 11.5. The number of benzene rings is 2. The number of rotatable bonds is 1. The highest BCUT2D eigenvalue weighted by atomic mass is 16.1. The number of hydrogen-bond acceptors (Lipinski definition) is 3. The second-order valence-corrected chi connectivity index (χ2v) is 3.98. The van der Waals surface area contributed by atoms with Gasteiger partial charge in [-0.15, -0.1) is 10.2 Å². The molecule has 0 saturated carbocycles. The molecule has 86 valence electrons. The SMILES string of the molecule is O=c1cc2ccccc2c(-c2ccccc2)nn1. The van der Waals surface area contributed by atoms with E-state index in [1.807, 2.05) is 54.6 Å². The third-order valence-electron chi connectivity index (χ3n) is 2.79. The van der Waals surface area contributed by atoms with Crippen molar-refractivity contribution in [3.8, 4) is 11.3 Å². The highest BCUT2D eigenvalue weighted by Crippen LogP contribution is 2.23. The normalized spacial score (nSPS) is 10.4. The molecule has 0 aliphatic heterocycles. The Hall–Kier alpha value is -2.55. The average Bonchev–Trinajstić information content (AvgIpc) is 2.58. The number of nitrogens with zero attached hydrogens (tertiary/aromatic N) is 2. The second-order valence-electron chi connectivity index (χ2n) is 3.98. The highest BCUT2D eigenvalue weighted by molar-refractivity contribution is 5.93. The summed E-state index contributed by atoms with van der Waals surface area (Å²) in [5.41, 5.74) is 1.36. The second kappa shape index (κ2) is 4.37. The third kappa shape index (κ3) is 1.86. The van der Waals surface area contributed by atoms with E-state index >= 15 is 0 Å². The Morgan fingerprint density at radius 1 is 0.778 bits per heavy atom. The van der Waals surface area contributed by atoms with Gasteiger partial charge in [-0.3, -0.25) is 4.79 Å². The van der Waals surface area contributed by atoms with E-state index < -0.39 is 0 Å². The Kier molecular flexibility index (Phi) is 2.57. The van der Waals surface area contributed by atoms with Gasteiger partial charge in [0.2, 0.25) is 0 Å². The zero-order valence-electron chi connectivity index (χ0n) is 9.58. The van der Waals surface area contributed by atoms with Gasteiger partial charge in [-0.1, -0.05) is 54.6 Å². The van der Waals surface area contributed by atoms with Crippen LogP contribution in [0.3, 0.4) is 0 Å². The average molecular weight is 234 g/mol. The van der Waals surface area contributed by atoms with Crippen LogP contribution >= 0.6 is 0 Å². The van der Waals surface area contributed by atoms with Crippen molar-refractivity contribution in [1.82, 2.24) is 10.2 Å². The smallest absolute Gasteiger partial charge is 0.266 e. The van der Waals surface area contributed by atoms with Crippen molar-refractivity contribution >= 4 is 10.8 Å². The van der Waals surface area contributed by atoms with E-state index in [2.05, 4.69) is 10.2 Å². The van der Waals surface area contributed by atoms with Gasteiger partial charge in [0, 0.05) is 17.0 Å². The Bertz CT molecular complexity index is 754. The molecule has 3 aromatic rings. The first-order valence-corrected chi connectivity index (χ1v) is 5.67. The maximum Gasteiger partial charge on any atom is 0.288 e. The lowest BCUT2D eigenvalue weighted by molar-refractivity contribution is 1.02. The van der Waals surface area contributed by atoms with Crippen LogP contribution in [-0.4, -0.2) is 10.2 Å². The lowest BCUT2D eigenvalue weighted by Gasteiger charge is -2.00. The molecule has 1 aromatic heterocycles. The van der Waals surface area contributed by atoms with Crippen LogP contribution < -0.4 is 5.56 Å². The van der Waals surface area contributed by atoms with E-state index in [1.54, 1.807) is 0 Å². The zero-order chi connectivity index (χ0) is 12.4. The summed E-state index contributed by atoms with van der Waals surface area (Å²) < 4.78 is 0. The van der Waals surface area contributed by atoms with Crippen LogP contribution in [-0.2, 0) is 0 Å². The van der Waals surface area contributed by atoms with E-state index in [-0.39, 0.29) is 5.56 Å². The molecular weight excluding hydrogens is 224 g/mol. The minimum atomic E-state index is -0.326. The van der Waals surface area contributed by atoms with Crippen LogP contribution in [0.15, 0.2) is 65.5 Å². The maximum atomic E-state index is 11.5. The lowest BCUT2D eigenvalue weighted by Crippen LogP contribution is -2.00. The summed E-state index contributed by atoms with van der Waals surface area (Å²) in [6, 6.07) is 18.9. The fourth-order valence-electron chi connectivity index (χ4n) is 1.96. The van der Waals surface area contributed by atoms with Gasteiger partial charge in [0.15, 0.2) is 0 Å². The predicted molar refractivity (Wildman–Crippen MR) is 71.2 cm³/mol. The molecule has 0 spiro atoms. The van der Waals surface area contributed by atoms with Gasteiger partial charge in [-0.25, -0.2) is 0 Å². The Morgan fingerprint density at radius 3 is 2.33 bits per heavy atom. The molecule has 0 aliphatic rings. The maximum absolute atomic E-state index is 11.5. The molecule has 0 bridgehead atoms. The predicted octanol–water partition coefficient (Wildman–Crippen LogP) is 2.66. The van der Waals surface area contributed by atoms with E-state index in [4.69, 9.17) is 0 Å². The van der Waals surface area contributed by atoms with Crippen LogP contribution in [0.5, 0.6) is 0 Å². The minimum Gasteiger partial charge on any atom is -0.266 e. The van der Waals surface area contributed by atoms with Gasteiger partial charge in [-0.05, 0) is 5.39 Å². The van der Waals surface area contributed by atoms with E-state index in [0.717, 1.165) is 22.0 Å². The van der Waals surface area contributed by atoms with E-state index in [0.29, 0.717) is 0 Å². The van der Waals surface area contributed by atoms with Crippen LogP contribution in [0.2, 0.25) is 0 Å². The monoisotopic (exact) mass is 234 g/mol. The van der Waals surface area contributed by atoms with Crippen LogP contribution in [0.1, 0.15) is 0 Å². The van der Waals surface area contributed by atoms with Gasteiger partial charge in [-0.2, -0.15) is 0 Å². The number of aromatic nitrogens is 2. The van der Waals surface area contributed by atoms with Crippen molar-refractivity contribution in [2.75, 3.05) is 0 Å². The van der Waals surface area contributed by atoms with Gasteiger partial charge >= 0.3 is 0 Å². The topological polar surface area (TPSA) is 42.9 Å². The Labute approximate surface area is 104 Å². The molecule has 2 aromatic carbocycles. The molecule has 3 rings (SSSR count). The molecule has 3 nitrogen and oxygen atoms in total. The Morgan fingerprint density at radius 2 is 1.50 bits per heavy atom. The number of hydrogen-bond donors (Lipinski definition) is 0. The highest BCUT2D eigenvalue weighted by Gasteiger charge is 2.04. The first-order valence-electron chi connectivity index (χ1n) is 5.67. The standard InChI is InChI=1S/C15H10N2O/c18-14-10-12-8-4-5-9-13(12)15(17-16-14)11-6-2-1-3-7-11/h1-10H. The molecule has 0 saturated heterocycles. The fourth-order valence-corrected chi connectivity index (χ4v) is 1.96. The first kappa shape index (κ1) is 10.6. The van der Waals surface area contributed by atoms with E-state index in [9.17, 15) is 4.79 Å². The minimum absolute atomic E-state index is 0.326. The van der Waals surface area contributed by atoms with E-state index in [1.165, 1.54) is 6.07 Å². The summed E-state index contributed by atoms with van der Waals surface area (Å²) in [6.07, 6.45) is 0. The molecule has 1 heterocycles. The molecule has 0 amide bonds. The summed E-state index contributed by atoms with van der Waals surface area (Å²) >= 11 is 0. The van der Waals surface area contributed by atoms with Gasteiger partial charge in [0.1, 0.15) is 5.69 Å². The molecule has 18 heavy (non-hydrogen) atoms. The molecule has 0 unspecified atom stereocenters. The molecule has 0 fully saturated rings. The van der Waals surface area contributed by atoms with Gasteiger partial charge in [0.05, 0.1) is 0 Å². The summed E-state index contributed by atoms with van der Waals surface area (Å²) in [6.45, 7) is 0. The van der Waals surface area contributed by atoms with Gasteiger partial charge in [0.25, 0.3) is 5.56 Å². The summed E-state index contributed by atoms with van der Waals surface area (Å²) in [5, 5.41) is 9.55. The van der Waals surface area contributed by atoms with Crippen molar-refractivity contribution < 1.29 is 0 Å². The molecule has 3 heteroatoms. The zero-order valence-corrected chi connectivity index (χ0v) is 9.58. The molecule has 0 aliphatic carbocycles. The molecular formula is C15H10N2O. The van der Waals surface area contributed by atoms with Crippen molar-refractivity contribution in [2.24, 2.45) is 0 Å². The first-order chi connectivity index (χ1) is 8.84. The van der Waals surface area contributed by atoms with Gasteiger partial charge < -0.3 is 0 Å². The lowest BCUT2D eigenvalue weighted by atomic mass is 10.1. The van der Waals surface area contributed by atoms with Crippen molar-refractivity contribution in [3.05, 3.63) is 71.0 Å².